The van der Waals surface area contributed by atoms with E-state index in [4.69, 9.17) is 10.5 Å². The Balaban J connectivity index is 0.00000361. The van der Waals surface area contributed by atoms with Gasteiger partial charge in [-0.1, -0.05) is 12.1 Å². The van der Waals surface area contributed by atoms with Crippen LogP contribution in [0.5, 0.6) is 5.75 Å². The average molecular weight is 309 g/mol. The molecule has 0 saturated heterocycles. The Morgan fingerprint density at radius 1 is 1.35 bits per heavy atom. The Bertz CT molecular complexity index is 413. The van der Waals surface area contributed by atoms with Crippen LogP contribution >= 0.6 is 12.4 Å². The maximum atomic E-state index is 12.8. The monoisotopic (exact) mass is 308 g/mol. The summed E-state index contributed by atoms with van der Waals surface area (Å²) in [5.74, 6) is -2.81. The molecule has 1 aromatic rings. The summed E-state index contributed by atoms with van der Waals surface area (Å²) in [7, 11) is 0. The number of halogens is 3. The number of ether oxygens (including phenoxy) is 1. The number of amides is 1. The first-order valence-electron chi connectivity index (χ1n) is 6.03. The zero-order valence-corrected chi connectivity index (χ0v) is 12.0. The molecule has 0 aliphatic heterocycles. The molecule has 4 nitrogen and oxygen atoms in total. The van der Waals surface area contributed by atoms with E-state index in [9.17, 15) is 13.6 Å². The predicted octanol–water partition coefficient (Wildman–Crippen LogP) is 1.76. The standard InChI is InChI=1S/C13H18F2N2O2.ClH/c1-2-19-11-5-3-10(4-6-11)7-12(18)17-9-13(14,15)8-16;/h3-6H,2,7-9,16H2,1H3,(H,17,18);1H. The summed E-state index contributed by atoms with van der Waals surface area (Å²) in [6.45, 7) is 0.919. The quantitative estimate of drug-likeness (QED) is 0.807. The van der Waals surface area contributed by atoms with Gasteiger partial charge in [-0.2, -0.15) is 0 Å². The van der Waals surface area contributed by atoms with Crippen molar-refractivity contribution < 1.29 is 18.3 Å². The van der Waals surface area contributed by atoms with Crippen LogP contribution < -0.4 is 15.8 Å². The highest BCUT2D eigenvalue weighted by atomic mass is 35.5. The second kappa shape index (κ2) is 8.71. The van der Waals surface area contributed by atoms with Crippen molar-refractivity contribution in [2.45, 2.75) is 19.3 Å². The van der Waals surface area contributed by atoms with Crippen LogP contribution in [-0.4, -0.2) is 31.5 Å². The number of hydrogen-bond donors (Lipinski definition) is 2. The summed E-state index contributed by atoms with van der Waals surface area (Å²) >= 11 is 0. The normalized spacial score (nSPS) is 10.6. The third-order valence-electron chi connectivity index (χ3n) is 2.44. The molecule has 3 N–H and O–H groups in total. The van der Waals surface area contributed by atoms with Crippen LogP contribution in [0.4, 0.5) is 8.78 Å². The number of carbonyl (C=O) groups is 1. The average Bonchev–Trinajstić information content (AvgIpc) is 2.39. The van der Waals surface area contributed by atoms with E-state index in [1.165, 1.54) is 0 Å². The smallest absolute Gasteiger partial charge is 0.277 e. The van der Waals surface area contributed by atoms with Crippen molar-refractivity contribution in [1.29, 1.82) is 0 Å². The summed E-state index contributed by atoms with van der Waals surface area (Å²) in [6.07, 6.45) is 0.0487. The third kappa shape index (κ3) is 6.68. The van der Waals surface area contributed by atoms with Gasteiger partial charge < -0.3 is 15.8 Å². The van der Waals surface area contributed by atoms with Crippen molar-refractivity contribution in [1.82, 2.24) is 5.32 Å². The fourth-order valence-corrected chi connectivity index (χ4v) is 1.42. The van der Waals surface area contributed by atoms with E-state index in [1.54, 1.807) is 24.3 Å². The van der Waals surface area contributed by atoms with Crippen LogP contribution in [0.3, 0.4) is 0 Å². The van der Waals surface area contributed by atoms with Gasteiger partial charge in [-0.3, -0.25) is 4.79 Å². The van der Waals surface area contributed by atoms with Crippen molar-refractivity contribution in [2.75, 3.05) is 19.7 Å². The summed E-state index contributed by atoms with van der Waals surface area (Å²) in [6, 6.07) is 6.93. The van der Waals surface area contributed by atoms with Crippen LogP contribution in [0.1, 0.15) is 12.5 Å². The molecule has 1 amide bonds. The zero-order chi connectivity index (χ0) is 14.3. The fourth-order valence-electron chi connectivity index (χ4n) is 1.42. The Morgan fingerprint density at radius 3 is 2.45 bits per heavy atom. The number of rotatable bonds is 7. The molecular formula is C13H19ClF2N2O2. The first-order chi connectivity index (χ1) is 8.96. The summed E-state index contributed by atoms with van der Waals surface area (Å²) in [5.41, 5.74) is 5.61. The molecule has 20 heavy (non-hydrogen) atoms. The topological polar surface area (TPSA) is 64.3 Å². The molecule has 1 rings (SSSR count). The van der Waals surface area contributed by atoms with Crippen molar-refractivity contribution >= 4 is 18.3 Å². The molecule has 0 bridgehead atoms. The fraction of sp³-hybridized carbons (Fsp3) is 0.462. The second-order valence-electron chi connectivity index (χ2n) is 4.09. The van der Waals surface area contributed by atoms with Crippen LogP contribution in [0.15, 0.2) is 24.3 Å². The Morgan fingerprint density at radius 2 is 1.95 bits per heavy atom. The molecule has 0 radical (unpaired) electrons. The van der Waals surface area contributed by atoms with E-state index < -0.39 is 24.9 Å². The minimum absolute atomic E-state index is 0. The molecule has 0 atom stereocenters. The zero-order valence-electron chi connectivity index (χ0n) is 11.2. The number of nitrogens with two attached hydrogens (primary N) is 1. The highest BCUT2D eigenvalue weighted by Gasteiger charge is 2.26. The Kier molecular flexibility index (Phi) is 8.10. The molecule has 1 aromatic carbocycles. The maximum absolute atomic E-state index is 12.8. The lowest BCUT2D eigenvalue weighted by atomic mass is 10.1. The maximum Gasteiger partial charge on any atom is 0.277 e. The van der Waals surface area contributed by atoms with Gasteiger partial charge in [0.05, 0.1) is 26.1 Å². The number of benzene rings is 1. The molecular weight excluding hydrogens is 290 g/mol. The summed E-state index contributed by atoms with van der Waals surface area (Å²) < 4.78 is 30.9. The van der Waals surface area contributed by atoms with E-state index in [1.807, 2.05) is 6.92 Å². The van der Waals surface area contributed by atoms with E-state index in [0.29, 0.717) is 12.4 Å². The van der Waals surface area contributed by atoms with Gasteiger partial charge in [0, 0.05) is 0 Å². The van der Waals surface area contributed by atoms with Gasteiger partial charge in [-0.05, 0) is 24.6 Å². The molecule has 114 valence electrons. The summed E-state index contributed by atoms with van der Waals surface area (Å²) in [4.78, 5) is 11.5. The van der Waals surface area contributed by atoms with Gasteiger partial charge >= 0.3 is 0 Å². The number of nitrogens with one attached hydrogen (secondary N) is 1. The van der Waals surface area contributed by atoms with Gasteiger partial charge in [0.2, 0.25) is 5.91 Å². The lowest BCUT2D eigenvalue weighted by molar-refractivity contribution is -0.122. The molecule has 0 fully saturated rings. The minimum atomic E-state index is -3.06. The van der Waals surface area contributed by atoms with E-state index >= 15 is 0 Å². The van der Waals surface area contributed by atoms with Crippen molar-refractivity contribution in [3.8, 4) is 5.75 Å². The van der Waals surface area contributed by atoms with Crippen LogP contribution in [-0.2, 0) is 11.2 Å². The number of alkyl halides is 2. The summed E-state index contributed by atoms with van der Waals surface area (Å²) in [5, 5.41) is 2.16. The minimum Gasteiger partial charge on any atom is -0.494 e. The second-order valence-corrected chi connectivity index (χ2v) is 4.09. The third-order valence-corrected chi connectivity index (χ3v) is 2.44. The molecule has 0 unspecified atom stereocenters. The SMILES string of the molecule is CCOc1ccc(CC(=O)NCC(F)(F)CN)cc1.Cl. The van der Waals surface area contributed by atoms with Gasteiger partial charge in [0.25, 0.3) is 5.92 Å². The van der Waals surface area contributed by atoms with Crippen LogP contribution in [0.2, 0.25) is 0 Å². The first-order valence-corrected chi connectivity index (χ1v) is 6.03. The Hall–Kier alpha value is -1.40. The molecule has 0 spiro atoms. The predicted molar refractivity (Wildman–Crippen MR) is 75.6 cm³/mol. The lowest BCUT2D eigenvalue weighted by Crippen LogP contribution is -2.42. The van der Waals surface area contributed by atoms with Crippen molar-refractivity contribution in [3.63, 3.8) is 0 Å². The largest absolute Gasteiger partial charge is 0.494 e. The first kappa shape index (κ1) is 18.6. The van der Waals surface area contributed by atoms with Gasteiger partial charge in [-0.15, -0.1) is 12.4 Å². The van der Waals surface area contributed by atoms with Crippen LogP contribution in [0, 0.1) is 0 Å². The van der Waals surface area contributed by atoms with Crippen molar-refractivity contribution in [2.24, 2.45) is 5.73 Å². The van der Waals surface area contributed by atoms with Gasteiger partial charge in [0.1, 0.15) is 5.75 Å². The Labute approximate surface area is 123 Å². The number of carbonyl (C=O) groups excluding carboxylic acids is 1. The van der Waals surface area contributed by atoms with Gasteiger partial charge in [0.15, 0.2) is 0 Å². The molecule has 7 heteroatoms. The molecule has 0 aliphatic carbocycles. The van der Waals surface area contributed by atoms with E-state index in [2.05, 4.69) is 5.32 Å². The lowest BCUT2D eigenvalue weighted by Gasteiger charge is -2.14. The van der Waals surface area contributed by atoms with E-state index in [-0.39, 0.29) is 18.8 Å². The highest BCUT2D eigenvalue weighted by molar-refractivity contribution is 5.85. The molecule has 0 heterocycles. The molecule has 0 aliphatic rings. The molecule has 0 saturated carbocycles. The highest BCUT2D eigenvalue weighted by Crippen LogP contribution is 2.13. The van der Waals surface area contributed by atoms with Crippen molar-refractivity contribution in [3.05, 3.63) is 29.8 Å². The van der Waals surface area contributed by atoms with Gasteiger partial charge in [-0.25, -0.2) is 8.78 Å². The van der Waals surface area contributed by atoms with Crippen LogP contribution in [0.25, 0.3) is 0 Å². The molecule has 0 aromatic heterocycles. The number of hydrogen-bond acceptors (Lipinski definition) is 3. The van der Waals surface area contributed by atoms with E-state index in [0.717, 1.165) is 5.56 Å².